The third-order valence-electron chi connectivity index (χ3n) is 2.91. The Balaban J connectivity index is 2.40. The van der Waals surface area contributed by atoms with Crippen molar-refractivity contribution in [2.45, 2.75) is 33.6 Å². The van der Waals surface area contributed by atoms with Crippen LogP contribution in [0.4, 0.5) is 5.69 Å². The molecule has 4 nitrogen and oxygen atoms in total. The molecular formula is C15H18BrN3O. The van der Waals surface area contributed by atoms with Gasteiger partial charge in [-0.2, -0.15) is 4.98 Å². The average Bonchev–Trinajstić information content (AvgIpc) is 2.33. The van der Waals surface area contributed by atoms with Crippen molar-refractivity contribution < 1.29 is 4.74 Å². The van der Waals surface area contributed by atoms with E-state index < -0.39 is 0 Å². The number of nitrogens with two attached hydrogens (primary N) is 1. The average molecular weight is 336 g/mol. The van der Waals surface area contributed by atoms with Crippen LogP contribution in [0.3, 0.4) is 0 Å². The zero-order chi connectivity index (χ0) is 14.9. The van der Waals surface area contributed by atoms with E-state index in [0.717, 1.165) is 21.4 Å². The predicted octanol–water partition coefficient (Wildman–Crippen LogP) is 4.35. The van der Waals surface area contributed by atoms with Gasteiger partial charge in [-0.05, 0) is 43.5 Å². The highest BCUT2D eigenvalue weighted by molar-refractivity contribution is 9.10. The second-order valence-corrected chi connectivity index (χ2v) is 6.03. The molecule has 2 N–H and O–H groups in total. The topological polar surface area (TPSA) is 61.0 Å². The molecule has 2 rings (SSSR count). The van der Waals surface area contributed by atoms with Crippen LogP contribution in [0.25, 0.3) is 0 Å². The molecule has 0 atom stereocenters. The quantitative estimate of drug-likeness (QED) is 0.847. The summed E-state index contributed by atoms with van der Waals surface area (Å²) >= 11 is 3.41. The van der Waals surface area contributed by atoms with Crippen LogP contribution in [0.1, 0.15) is 36.7 Å². The zero-order valence-electron chi connectivity index (χ0n) is 12.1. The summed E-state index contributed by atoms with van der Waals surface area (Å²) in [5.74, 6) is 0.927. The van der Waals surface area contributed by atoms with Crippen molar-refractivity contribution in [2.75, 3.05) is 5.73 Å². The number of nitrogens with zero attached hydrogens (tertiary/aromatic N) is 2. The number of anilines is 1. The summed E-state index contributed by atoms with van der Waals surface area (Å²) < 4.78 is 6.72. The molecule has 20 heavy (non-hydrogen) atoms. The lowest BCUT2D eigenvalue weighted by Gasteiger charge is -2.12. The first-order chi connectivity index (χ1) is 9.36. The molecule has 0 fully saturated rings. The van der Waals surface area contributed by atoms with Gasteiger partial charge >= 0.3 is 6.01 Å². The molecule has 0 saturated heterocycles. The molecule has 0 saturated carbocycles. The third-order valence-corrected chi connectivity index (χ3v) is 3.36. The number of hydrogen-bond acceptors (Lipinski definition) is 4. The molecule has 0 aliphatic heterocycles. The van der Waals surface area contributed by atoms with Crippen LogP contribution in [-0.2, 0) is 0 Å². The Kier molecular flexibility index (Phi) is 4.28. The standard InChI is InChI=1S/C15H18BrN3O/c1-8(2)13-6-10(4)18-15(19-13)20-14-9(3)5-11(16)7-12(14)17/h5-8H,17H2,1-4H3. The second-order valence-electron chi connectivity index (χ2n) is 5.11. The van der Waals surface area contributed by atoms with E-state index in [1.165, 1.54) is 0 Å². The fraction of sp³-hybridized carbons (Fsp3) is 0.333. The van der Waals surface area contributed by atoms with E-state index in [-0.39, 0.29) is 0 Å². The van der Waals surface area contributed by atoms with E-state index in [1.54, 1.807) is 0 Å². The summed E-state index contributed by atoms with van der Waals surface area (Å²) in [4.78, 5) is 8.75. The summed E-state index contributed by atoms with van der Waals surface area (Å²) in [6.07, 6.45) is 0. The van der Waals surface area contributed by atoms with Crippen molar-refractivity contribution in [3.63, 3.8) is 0 Å². The molecule has 0 amide bonds. The summed E-state index contributed by atoms with van der Waals surface area (Å²) in [5, 5.41) is 0. The smallest absolute Gasteiger partial charge is 0.322 e. The lowest BCUT2D eigenvalue weighted by Crippen LogP contribution is -2.02. The Morgan fingerprint density at radius 1 is 1.15 bits per heavy atom. The van der Waals surface area contributed by atoms with Crippen molar-refractivity contribution in [2.24, 2.45) is 0 Å². The highest BCUT2D eigenvalue weighted by Crippen LogP contribution is 2.33. The van der Waals surface area contributed by atoms with Gasteiger partial charge in [0, 0.05) is 10.2 Å². The molecule has 5 heteroatoms. The Morgan fingerprint density at radius 3 is 2.45 bits per heavy atom. The molecule has 0 aliphatic rings. The maximum atomic E-state index is 6.00. The zero-order valence-corrected chi connectivity index (χ0v) is 13.7. The SMILES string of the molecule is Cc1cc(C(C)C)nc(Oc2c(C)cc(Br)cc2N)n1. The van der Waals surface area contributed by atoms with Crippen LogP contribution in [0.5, 0.6) is 11.8 Å². The van der Waals surface area contributed by atoms with E-state index in [4.69, 9.17) is 10.5 Å². The van der Waals surface area contributed by atoms with Crippen molar-refractivity contribution in [1.82, 2.24) is 9.97 Å². The summed E-state index contributed by atoms with van der Waals surface area (Å²) in [6, 6.07) is 6.06. The second kappa shape index (κ2) is 5.79. The molecule has 0 aliphatic carbocycles. The van der Waals surface area contributed by atoms with E-state index in [0.29, 0.717) is 23.4 Å². The molecule has 0 unspecified atom stereocenters. The predicted molar refractivity (Wildman–Crippen MR) is 84.2 cm³/mol. The van der Waals surface area contributed by atoms with Crippen molar-refractivity contribution in [3.05, 3.63) is 39.6 Å². The number of aromatic nitrogens is 2. The summed E-state index contributed by atoms with van der Waals surface area (Å²) in [5.41, 5.74) is 9.34. The highest BCUT2D eigenvalue weighted by Gasteiger charge is 2.12. The molecule has 1 heterocycles. The Hall–Kier alpha value is -1.62. The number of benzene rings is 1. The molecule has 106 valence electrons. The van der Waals surface area contributed by atoms with Crippen molar-refractivity contribution in [3.8, 4) is 11.8 Å². The number of rotatable bonds is 3. The molecule has 1 aromatic heterocycles. The minimum absolute atomic E-state index is 0.322. The minimum atomic E-state index is 0.322. The molecule has 0 bridgehead atoms. The van der Waals surface area contributed by atoms with Crippen LogP contribution >= 0.6 is 15.9 Å². The van der Waals surface area contributed by atoms with Crippen molar-refractivity contribution in [1.29, 1.82) is 0 Å². The minimum Gasteiger partial charge on any atom is -0.422 e. The highest BCUT2D eigenvalue weighted by atomic mass is 79.9. The number of nitrogen functional groups attached to an aromatic ring is 1. The monoisotopic (exact) mass is 335 g/mol. The first kappa shape index (κ1) is 14.8. The number of hydrogen-bond donors (Lipinski definition) is 1. The van der Waals surface area contributed by atoms with Gasteiger partial charge in [-0.3, -0.25) is 0 Å². The third kappa shape index (κ3) is 3.28. The summed E-state index contributed by atoms with van der Waals surface area (Å²) in [6.45, 7) is 8.05. The fourth-order valence-corrected chi connectivity index (χ4v) is 2.48. The van der Waals surface area contributed by atoms with Gasteiger partial charge in [-0.15, -0.1) is 0 Å². The molecular weight excluding hydrogens is 318 g/mol. The molecule has 2 aromatic rings. The van der Waals surface area contributed by atoms with Gasteiger partial charge in [-0.25, -0.2) is 4.98 Å². The maximum absolute atomic E-state index is 6.00. The van der Waals surface area contributed by atoms with Gasteiger partial charge in [-0.1, -0.05) is 29.8 Å². The number of ether oxygens (including phenoxy) is 1. The normalized spacial score (nSPS) is 10.9. The number of aryl methyl sites for hydroxylation is 2. The first-order valence-corrected chi connectivity index (χ1v) is 7.25. The Bertz CT molecular complexity index is 618. The van der Waals surface area contributed by atoms with E-state index >= 15 is 0 Å². The van der Waals surface area contributed by atoms with Gasteiger partial charge in [0.25, 0.3) is 0 Å². The van der Waals surface area contributed by atoms with Crippen LogP contribution in [0.2, 0.25) is 0 Å². The molecule has 1 aromatic carbocycles. The Labute approximate surface area is 127 Å². The van der Waals surface area contributed by atoms with E-state index in [9.17, 15) is 0 Å². The molecule has 0 radical (unpaired) electrons. The van der Waals surface area contributed by atoms with Gasteiger partial charge in [0.1, 0.15) is 0 Å². The van der Waals surface area contributed by atoms with Crippen LogP contribution in [-0.4, -0.2) is 9.97 Å². The van der Waals surface area contributed by atoms with Crippen molar-refractivity contribution >= 4 is 21.6 Å². The lowest BCUT2D eigenvalue weighted by atomic mass is 10.1. The maximum Gasteiger partial charge on any atom is 0.322 e. The lowest BCUT2D eigenvalue weighted by molar-refractivity contribution is 0.435. The fourth-order valence-electron chi connectivity index (χ4n) is 1.89. The summed E-state index contributed by atoms with van der Waals surface area (Å²) in [7, 11) is 0. The van der Waals surface area contributed by atoms with E-state index in [1.807, 2.05) is 32.0 Å². The van der Waals surface area contributed by atoms with Gasteiger partial charge < -0.3 is 10.5 Å². The number of halogens is 1. The Morgan fingerprint density at radius 2 is 1.85 bits per heavy atom. The van der Waals surface area contributed by atoms with Gasteiger partial charge in [0.2, 0.25) is 0 Å². The van der Waals surface area contributed by atoms with Crippen LogP contribution < -0.4 is 10.5 Å². The van der Waals surface area contributed by atoms with Crippen LogP contribution in [0, 0.1) is 13.8 Å². The molecule has 0 spiro atoms. The van der Waals surface area contributed by atoms with Gasteiger partial charge in [0.15, 0.2) is 5.75 Å². The van der Waals surface area contributed by atoms with E-state index in [2.05, 4.69) is 39.7 Å². The van der Waals surface area contributed by atoms with Crippen LogP contribution in [0.15, 0.2) is 22.7 Å². The first-order valence-electron chi connectivity index (χ1n) is 6.46. The van der Waals surface area contributed by atoms with Gasteiger partial charge in [0.05, 0.1) is 11.4 Å². The largest absolute Gasteiger partial charge is 0.422 e.